The van der Waals surface area contributed by atoms with Crippen molar-refractivity contribution in [3.05, 3.63) is 34.3 Å². The monoisotopic (exact) mass is 339 g/mol. The third kappa shape index (κ3) is 4.05. The number of benzene rings is 1. The van der Waals surface area contributed by atoms with E-state index in [1.165, 1.54) is 0 Å². The van der Waals surface area contributed by atoms with Gasteiger partial charge in [0.25, 0.3) is 0 Å². The van der Waals surface area contributed by atoms with Gasteiger partial charge >= 0.3 is 0 Å². The number of nitrogens with one attached hydrogen (secondary N) is 1. The third-order valence-electron chi connectivity index (χ3n) is 3.19. The summed E-state index contributed by atoms with van der Waals surface area (Å²) in [6, 6.07) is 7.95. The van der Waals surface area contributed by atoms with Crippen LogP contribution in [0.15, 0.2) is 28.7 Å². The van der Waals surface area contributed by atoms with Gasteiger partial charge in [0.15, 0.2) is 0 Å². The van der Waals surface area contributed by atoms with Crippen molar-refractivity contribution in [3.63, 3.8) is 0 Å². The average molecular weight is 340 g/mol. The molecule has 1 fully saturated rings. The molecule has 0 atom stereocenters. The summed E-state index contributed by atoms with van der Waals surface area (Å²) >= 11 is 3.50. The minimum absolute atomic E-state index is 0.00518. The molecule has 20 heavy (non-hydrogen) atoms. The van der Waals surface area contributed by atoms with Gasteiger partial charge in [-0.25, -0.2) is 0 Å². The first kappa shape index (κ1) is 15.0. The highest BCUT2D eigenvalue weighted by Gasteiger charge is 2.21. The van der Waals surface area contributed by atoms with Crippen molar-refractivity contribution < 1.29 is 9.59 Å². The van der Waals surface area contributed by atoms with Crippen molar-refractivity contribution in [1.29, 1.82) is 0 Å². The molecule has 108 valence electrons. The molecule has 0 spiro atoms. The van der Waals surface area contributed by atoms with E-state index in [0.717, 1.165) is 10.0 Å². The van der Waals surface area contributed by atoms with E-state index in [1.54, 1.807) is 4.90 Å². The largest absolute Gasteiger partial charge is 0.353 e. The maximum atomic E-state index is 12.1. The first-order valence-corrected chi connectivity index (χ1v) is 7.32. The number of likely N-dealkylation sites (N-methyl/N-ethyl adjacent to an activating group) is 1. The van der Waals surface area contributed by atoms with E-state index in [2.05, 4.69) is 21.2 Å². The molecule has 2 rings (SSSR count). The Morgan fingerprint density at radius 3 is 2.90 bits per heavy atom. The number of hydrogen-bond acceptors (Lipinski definition) is 3. The zero-order valence-corrected chi connectivity index (χ0v) is 13.0. The SMILES string of the molecule is CN(CC(=O)N1CCNC(=O)C1)Cc1ccccc1Br. The Morgan fingerprint density at radius 1 is 1.45 bits per heavy atom. The molecule has 0 saturated carbocycles. The lowest BCUT2D eigenvalue weighted by atomic mass is 10.2. The van der Waals surface area contributed by atoms with Crippen LogP contribution in [0.5, 0.6) is 0 Å². The number of carbonyl (C=O) groups excluding carboxylic acids is 2. The molecule has 1 aromatic carbocycles. The van der Waals surface area contributed by atoms with Crippen molar-refractivity contribution >= 4 is 27.7 Å². The minimum atomic E-state index is -0.0851. The van der Waals surface area contributed by atoms with Gasteiger partial charge in [-0.05, 0) is 18.7 Å². The zero-order valence-electron chi connectivity index (χ0n) is 11.4. The molecule has 5 nitrogen and oxygen atoms in total. The molecular formula is C14H18BrN3O2. The fourth-order valence-electron chi connectivity index (χ4n) is 2.16. The van der Waals surface area contributed by atoms with Gasteiger partial charge in [-0.1, -0.05) is 34.1 Å². The van der Waals surface area contributed by atoms with Crippen molar-refractivity contribution in [2.75, 3.05) is 33.2 Å². The highest BCUT2D eigenvalue weighted by molar-refractivity contribution is 9.10. The first-order chi connectivity index (χ1) is 9.56. The summed E-state index contributed by atoms with van der Waals surface area (Å²) in [5, 5.41) is 2.71. The maximum absolute atomic E-state index is 12.1. The van der Waals surface area contributed by atoms with Gasteiger partial charge in [0, 0.05) is 24.1 Å². The standard InChI is InChI=1S/C14H18BrN3O2/c1-17(8-11-4-2-3-5-12(11)15)10-14(20)18-7-6-16-13(19)9-18/h2-5H,6-10H2,1H3,(H,16,19). The van der Waals surface area contributed by atoms with Crippen LogP contribution in [0, 0.1) is 0 Å². The molecule has 1 aromatic rings. The normalized spacial score (nSPS) is 15.3. The highest BCUT2D eigenvalue weighted by Crippen LogP contribution is 2.17. The molecule has 0 unspecified atom stereocenters. The van der Waals surface area contributed by atoms with Crippen LogP contribution in [0.4, 0.5) is 0 Å². The number of hydrogen-bond donors (Lipinski definition) is 1. The van der Waals surface area contributed by atoms with Gasteiger partial charge in [-0.15, -0.1) is 0 Å². The van der Waals surface area contributed by atoms with E-state index in [4.69, 9.17) is 0 Å². The molecule has 6 heteroatoms. The van der Waals surface area contributed by atoms with Crippen LogP contribution in [0.3, 0.4) is 0 Å². The Kier molecular flexibility index (Phi) is 5.14. The van der Waals surface area contributed by atoms with Gasteiger partial charge in [0.05, 0.1) is 13.1 Å². The second kappa shape index (κ2) is 6.85. The number of carbonyl (C=O) groups is 2. The van der Waals surface area contributed by atoms with E-state index >= 15 is 0 Å². The van der Waals surface area contributed by atoms with Crippen molar-refractivity contribution in [1.82, 2.24) is 15.1 Å². The lowest BCUT2D eigenvalue weighted by Gasteiger charge is -2.28. The molecular weight excluding hydrogens is 322 g/mol. The second-order valence-electron chi connectivity index (χ2n) is 4.93. The summed E-state index contributed by atoms with van der Waals surface area (Å²) in [6.07, 6.45) is 0. The molecule has 1 heterocycles. The van der Waals surface area contributed by atoms with E-state index in [-0.39, 0.29) is 18.4 Å². The Hall–Kier alpha value is -1.40. The van der Waals surface area contributed by atoms with Crippen molar-refractivity contribution in [2.45, 2.75) is 6.54 Å². The Morgan fingerprint density at radius 2 is 2.20 bits per heavy atom. The summed E-state index contributed by atoms with van der Waals surface area (Å²) < 4.78 is 1.04. The van der Waals surface area contributed by atoms with Crippen LogP contribution in [-0.2, 0) is 16.1 Å². The predicted molar refractivity (Wildman–Crippen MR) is 80.1 cm³/mol. The van der Waals surface area contributed by atoms with Gasteiger partial charge in [-0.2, -0.15) is 0 Å². The molecule has 0 radical (unpaired) electrons. The average Bonchev–Trinajstić information content (AvgIpc) is 2.41. The molecule has 1 N–H and O–H groups in total. The Labute approximate surface area is 127 Å². The minimum Gasteiger partial charge on any atom is -0.353 e. The van der Waals surface area contributed by atoms with E-state index < -0.39 is 0 Å². The fourth-order valence-corrected chi connectivity index (χ4v) is 2.57. The molecule has 0 aromatic heterocycles. The van der Waals surface area contributed by atoms with Gasteiger partial charge in [0.2, 0.25) is 11.8 Å². The first-order valence-electron chi connectivity index (χ1n) is 6.52. The predicted octanol–water partition coefficient (Wildman–Crippen LogP) is 0.839. The van der Waals surface area contributed by atoms with E-state index in [9.17, 15) is 9.59 Å². The quantitative estimate of drug-likeness (QED) is 0.884. The van der Waals surface area contributed by atoms with Crippen LogP contribution in [0.25, 0.3) is 0 Å². The molecule has 1 saturated heterocycles. The summed E-state index contributed by atoms with van der Waals surface area (Å²) in [6.45, 7) is 2.30. The molecule has 2 amide bonds. The maximum Gasteiger partial charge on any atom is 0.239 e. The second-order valence-corrected chi connectivity index (χ2v) is 5.78. The van der Waals surface area contributed by atoms with Crippen LogP contribution >= 0.6 is 15.9 Å². The van der Waals surface area contributed by atoms with Gasteiger partial charge < -0.3 is 10.2 Å². The number of rotatable bonds is 4. The smallest absolute Gasteiger partial charge is 0.239 e. The lowest BCUT2D eigenvalue weighted by molar-refractivity contribution is -0.138. The highest BCUT2D eigenvalue weighted by atomic mass is 79.9. The molecule has 0 bridgehead atoms. The number of piperazine rings is 1. The molecule has 1 aliphatic heterocycles. The Balaban J connectivity index is 1.88. The fraction of sp³-hybridized carbons (Fsp3) is 0.429. The summed E-state index contributed by atoms with van der Waals surface area (Å²) in [5.74, 6) is -0.0903. The molecule has 0 aliphatic carbocycles. The van der Waals surface area contributed by atoms with E-state index in [0.29, 0.717) is 26.2 Å². The third-order valence-corrected chi connectivity index (χ3v) is 3.97. The van der Waals surface area contributed by atoms with Crippen LogP contribution < -0.4 is 5.32 Å². The van der Waals surface area contributed by atoms with Crippen molar-refractivity contribution in [2.24, 2.45) is 0 Å². The Bertz CT molecular complexity index is 507. The summed E-state index contributed by atoms with van der Waals surface area (Å²) in [5.41, 5.74) is 1.14. The lowest BCUT2D eigenvalue weighted by Crippen LogP contribution is -2.52. The van der Waals surface area contributed by atoms with Crippen LogP contribution in [-0.4, -0.2) is 54.8 Å². The summed E-state index contributed by atoms with van der Waals surface area (Å²) in [4.78, 5) is 27.0. The number of amides is 2. The molecule has 1 aliphatic rings. The number of nitrogens with zero attached hydrogens (tertiary/aromatic N) is 2. The van der Waals surface area contributed by atoms with Gasteiger partial charge in [0.1, 0.15) is 0 Å². The van der Waals surface area contributed by atoms with Crippen molar-refractivity contribution in [3.8, 4) is 0 Å². The zero-order chi connectivity index (χ0) is 14.5. The van der Waals surface area contributed by atoms with Gasteiger partial charge in [-0.3, -0.25) is 14.5 Å². The topological polar surface area (TPSA) is 52.7 Å². The number of halogens is 1. The van der Waals surface area contributed by atoms with E-state index in [1.807, 2.05) is 36.2 Å². The van der Waals surface area contributed by atoms with Crippen LogP contribution in [0.1, 0.15) is 5.56 Å². The summed E-state index contributed by atoms with van der Waals surface area (Å²) in [7, 11) is 1.90. The van der Waals surface area contributed by atoms with Crippen LogP contribution in [0.2, 0.25) is 0 Å².